The Balaban J connectivity index is 1.58. The molecule has 1 heterocycles. The lowest BCUT2D eigenvalue weighted by molar-refractivity contribution is -0.880. The van der Waals surface area contributed by atoms with Crippen LogP contribution in [0.5, 0.6) is 11.5 Å². The van der Waals surface area contributed by atoms with Crippen molar-refractivity contribution in [3.63, 3.8) is 0 Å². The summed E-state index contributed by atoms with van der Waals surface area (Å²) >= 11 is 0. The Hall–Kier alpha value is -3.13. The third-order valence-corrected chi connectivity index (χ3v) is 4.95. The molecule has 160 valence electrons. The summed E-state index contributed by atoms with van der Waals surface area (Å²) in [5, 5.41) is 2.81. The second-order valence-electron chi connectivity index (χ2n) is 7.10. The molecule has 0 bridgehead atoms. The van der Waals surface area contributed by atoms with Crippen molar-refractivity contribution in [3.8, 4) is 11.5 Å². The number of likely N-dealkylation sites (N-methyl/N-ethyl adjacent to an activating group) is 1. The molecule has 1 fully saturated rings. The molecule has 0 radical (unpaired) electrons. The van der Waals surface area contributed by atoms with Crippen molar-refractivity contribution in [2.45, 2.75) is 6.61 Å². The van der Waals surface area contributed by atoms with Crippen LogP contribution in [0.1, 0.15) is 5.56 Å². The summed E-state index contributed by atoms with van der Waals surface area (Å²) < 4.78 is 34.2. The monoisotopic (exact) mass is 418 g/mol. The molecule has 2 aromatic rings. The van der Waals surface area contributed by atoms with Crippen LogP contribution < -0.4 is 24.6 Å². The number of nitrogens with one attached hydrogen (secondary N) is 2. The van der Waals surface area contributed by atoms with Crippen molar-refractivity contribution >= 4 is 23.4 Å². The van der Waals surface area contributed by atoms with Gasteiger partial charge < -0.3 is 24.6 Å². The summed E-state index contributed by atoms with van der Waals surface area (Å²) in [5.41, 5.74) is 2.47. The van der Waals surface area contributed by atoms with Crippen molar-refractivity contribution in [1.29, 1.82) is 0 Å². The lowest BCUT2D eigenvalue weighted by Gasteiger charge is -2.31. The Morgan fingerprint density at radius 2 is 1.83 bits per heavy atom. The number of alkyl halides is 2. The van der Waals surface area contributed by atoms with E-state index in [0.717, 1.165) is 31.9 Å². The number of quaternary nitrogens is 1. The molecule has 1 saturated heterocycles. The van der Waals surface area contributed by atoms with Gasteiger partial charge in [0.25, 0.3) is 0 Å². The van der Waals surface area contributed by atoms with Crippen LogP contribution in [0.4, 0.5) is 20.2 Å². The first-order valence-electron chi connectivity index (χ1n) is 9.73. The molecular formula is C22H26F2N3O3+. The van der Waals surface area contributed by atoms with Crippen LogP contribution in [0.2, 0.25) is 0 Å². The van der Waals surface area contributed by atoms with E-state index in [-0.39, 0.29) is 17.4 Å². The van der Waals surface area contributed by atoms with Gasteiger partial charge in [0.15, 0.2) is 11.5 Å². The molecule has 1 aliphatic heterocycles. The molecule has 0 spiro atoms. The zero-order chi connectivity index (χ0) is 21.5. The highest BCUT2D eigenvalue weighted by Gasteiger charge is 2.16. The summed E-state index contributed by atoms with van der Waals surface area (Å²) in [7, 11) is 3.56. The van der Waals surface area contributed by atoms with E-state index in [2.05, 4.69) is 22.0 Å². The number of carbonyl (C=O) groups excluding carboxylic acids is 1. The van der Waals surface area contributed by atoms with E-state index in [0.29, 0.717) is 11.3 Å². The first-order valence-corrected chi connectivity index (χ1v) is 9.73. The molecule has 2 N–H and O–H groups in total. The first-order chi connectivity index (χ1) is 14.4. The quantitative estimate of drug-likeness (QED) is 0.678. The minimum Gasteiger partial charge on any atom is -0.493 e. The summed E-state index contributed by atoms with van der Waals surface area (Å²) in [6.07, 6.45) is 2.95. The van der Waals surface area contributed by atoms with Gasteiger partial charge in [-0.2, -0.15) is 8.78 Å². The summed E-state index contributed by atoms with van der Waals surface area (Å²) in [5.74, 6) is -0.187. The third kappa shape index (κ3) is 5.93. The molecule has 0 unspecified atom stereocenters. The van der Waals surface area contributed by atoms with Gasteiger partial charge in [-0.3, -0.25) is 4.79 Å². The van der Waals surface area contributed by atoms with Gasteiger partial charge in [-0.05, 0) is 48.0 Å². The first kappa shape index (κ1) is 21.6. The number of piperazine rings is 1. The maximum atomic E-state index is 12.4. The van der Waals surface area contributed by atoms with Crippen LogP contribution in [-0.2, 0) is 4.79 Å². The number of amides is 1. The highest BCUT2D eigenvalue weighted by Crippen LogP contribution is 2.29. The standard InChI is InChI=1S/C22H25F2N3O3/c1-26-11-13-27(14-12-26)18-7-5-17(6-8-18)25-21(28)10-4-16-3-9-19(30-22(23)24)20(15-16)29-2/h3-10,15,22H,11-14H2,1-2H3,(H,25,28)/p+1/b10-4+. The normalized spacial score (nSPS) is 14.9. The van der Waals surface area contributed by atoms with Crippen molar-refractivity contribution in [2.24, 2.45) is 0 Å². The van der Waals surface area contributed by atoms with Crippen LogP contribution in [0, 0.1) is 0 Å². The summed E-state index contributed by atoms with van der Waals surface area (Å²) in [6.45, 7) is 1.33. The van der Waals surface area contributed by atoms with E-state index in [1.54, 1.807) is 12.1 Å². The molecule has 1 aliphatic rings. The van der Waals surface area contributed by atoms with Crippen LogP contribution in [0.15, 0.2) is 48.5 Å². The van der Waals surface area contributed by atoms with Gasteiger partial charge in [0.05, 0.1) is 40.3 Å². The fraction of sp³-hybridized carbons (Fsp3) is 0.318. The lowest BCUT2D eigenvalue weighted by atomic mass is 10.2. The molecule has 1 amide bonds. The van der Waals surface area contributed by atoms with E-state index in [1.165, 1.54) is 30.2 Å². The Labute approximate surface area is 174 Å². The Morgan fingerprint density at radius 1 is 1.13 bits per heavy atom. The Bertz CT molecular complexity index is 880. The molecular weight excluding hydrogens is 392 g/mol. The van der Waals surface area contributed by atoms with E-state index in [9.17, 15) is 13.6 Å². The van der Waals surface area contributed by atoms with Gasteiger partial charge in [-0.25, -0.2) is 0 Å². The molecule has 30 heavy (non-hydrogen) atoms. The molecule has 6 nitrogen and oxygen atoms in total. The number of halogens is 2. The van der Waals surface area contributed by atoms with E-state index in [1.807, 2.05) is 24.3 Å². The van der Waals surface area contributed by atoms with Gasteiger partial charge in [-0.15, -0.1) is 0 Å². The van der Waals surface area contributed by atoms with Crippen LogP contribution in [0.3, 0.4) is 0 Å². The SMILES string of the molecule is COc1cc(/C=C/C(=O)Nc2ccc(N3CC[NH+](C)CC3)cc2)ccc1OC(F)F. The number of hydrogen-bond donors (Lipinski definition) is 2. The van der Waals surface area contributed by atoms with Crippen molar-refractivity contribution in [2.75, 3.05) is 50.6 Å². The molecule has 0 atom stereocenters. The summed E-state index contributed by atoms with van der Waals surface area (Å²) in [4.78, 5) is 16.1. The van der Waals surface area contributed by atoms with Crippen molar-refractivity contribution in [1.82, 2.24) is 0 Å². The number of carbonyl (C=O) groups is 1. The molecule has 0 saturated carbocycles. The molecule has 0 aromatic heterocycles. The number of benzene rings is 2. The average molecular weight is 418 g/mol. The topological polar surface area (TPSA) is 55.2 Å². The van der Waals surface area contributed by atoms with Gasteiger partial charge >= 0.3 is 6.61 Å². The van der Waals surface area contributed by atoms with Gasteiger partial charge in [0.2, 0.25) is 5.91 Å². The predicted octanol–water partition coefficient (Wildman–Crippen LogP) is 2.28. The average Bonchev–Trinajstić information content (AvgIpc) is 2.74. The van der Waals surface area contributed by atoms with Gasteiger partial charge in [-0.1, -0.05) is 6.07 Å². The zero-order valence-electron chi connectivity index (χ0n) is 17.0. The zero-order valence-corrected chi connectivity index (χ0v) is 17.0. The largest absolute Gasteiger partial charge is 0.493 e. The van der Waals surface area contributed by atoms with E-state index >= 15 is 0 Å². The number of anilines is 2. The van der Waals surface area contributed by atoms with Crippen LogP contribution >= 0.6 is 0 Å². The molecule has 8 heteroatoms. The predicted molar refractivity (Wildman–Crippen MR) is 113 cm³/mol. The minimum absolute atomic E-state index is 0.0593. The third-order valence-electron chi connectivity index (χ3n) is 4.95. The summed E-state index contributed by atoms with van der Waals surface area (Å²) in [6, 6.07) is 12.2. The number of nitrogens with zero attached hydrogens (tertiary/aromatic N) is 1. The maximum Gasteiger partial charge on any atom is 0.387 e. The van der Waals surface area contributed by atoms with Crippen LogP contribution in [-0.4, -0.2) is 52.9 Å². The van der Waals surface area contributed by atoms with E-state index in [4.69, 9.17) is 4.74 Å². The molecule has 3 rings (SSSR count). The highest BCUT2D eigenvalue weighted by atomic mass is 19.3. The lowest BCUT2D eigenvalue weighted by Crippen LogP contribution is -3.12. The smallest absolute Gasteiger partial charge is 0.387 e. The molecule has 2 aromatic carbocycles. The van der Waals surface area contributed by atoms with Crippen molar-refractivity contribution < 1.29 is 27.9 Å². The highest BCUT2D eigenvalue weighted by molar-refractivity contribution is 6.02. The number of hydrogen-bond acceptors (Lipinski definition) is 4. The minimum atomic E-state index is -2.94. The Morgan fingerprint density at radius 3 is 2.47 bits per heavy atom. The number of rotatable bonds is 7. The second-order valence-corrected chi connectivity index (χ2v) is 7.10. The van der Waals surface area contributed by atoms with Gasteiger partial charge in [0.1, 0.15) is 0 Å². The number of methoxy groups -OCH3 is 1. The van der Waals surface area contributed by atoms with Crippen molar-refractivity contribution in [3.05, 3.63) is 54.1 Å². The fourth-order valence-electron chi connectivity index (χ4n) is 3.24. The second kappa shape index (κ2) is 10.1. The van der Waals surface area contributed by atoms with Gasteiger partial charge in [0, 0.05) is 17.5 Å². The fourth-order valence-corrected chi connectivity index (χ4v) is 3.24. The maximum absolute atomic E-state index is 12.4. The number of ether oxygens (including phenoxy) is 2. The van der Waals surface area contributed by atoms with Crippen LogP contribution in [0.25, 0.3) is 6.08 Å². The van der Waals surface area contributed by atoms with E-state index < -0.39 is 6.61 Å². The molecule has 0 aliphatic carbocycles. The Kier molecular flexibility index (Phi) is 7.24.